The van der Waals surface area contributed by atoms with E-state index in [0.717, 1.165) is 18.2 Å². The van der Waals surface area contributed by atoms with Crippen LogP contribution in [0.1, 0.15) is 0 Å². The molecule has 0 heterocycles. The molecular formula is C12H11N3O4S. The maximum atomic E-state index is 12.4. The third-order valence-electron chi connectivity index (χ3n) is 2.68. The van der Waals surface area contributed by atoms with Crippen LogP contribution in [-0.2, 0) is 9.84 Å². The molecule has 0 atom stereocenters. The van der Waals surface area contributed by atoms with Crippen LogP contribution in [0.3, 0.4) is 0 Å². The minimum Gasteiger partial charge on any atom is -0.399 e. The van der Waals surface area contributed by atoms with Crippen LogP contribution in [0.25, 0.3) is 0 Å². The third kappa shape index (κ3) is 2.41. The van der Waals surface area contributed by atoms with Gasteiger partial charge in [-0.15, -0.1) is 0 Å². The predicted octanol–water partition coefficient (Wildman–Crippen LogP) is 1.59. The number of nitrogens with zero attached hydrogens (tertiary/aromatic N) is 1. The first kappa shape index (κ1) is 13.8. The monoisotopic (exact) mass is 293 g/mol. The molecule has 0 saturated carbocycles. The van der Waals surface area contributed by atoms with Crippen LogP contribution in [0.15, 0.2) is 52.3 Å². The Kier molecular flexibility index (Phi) is 3.33. The second-order valence-electron chi connectivity index (χ2n) is 4.05. The Morgan fingerprint density at radius 2 is 1.60 bits per heavy atom. The number of sulfone groups is 1. The topological polar surface area (TPSA) is 129 Å². The van der Waals surface area contributed by atoms with Gasteiger partial charge in [-0.3, -0.25) is 10.1 Å². The van der Waals surface area contributed by atoms with Gasteiger partial charge in [-0.2, -0.15) is 0 Å². The molecule has 7 nitrogen and oxygen atoms in total. The maximum absolute atomic E-state index is 12.4. The molecule has 2 rings (SSSR count). The average Bonchev–Trinajstić information content (AvgIpc) is 2.38. The number of nitrogens with two attached hydrogens (primary N) is 2. The zero-order valence-corrected chi connectivity index (χ0v) is 11.0. The van der Waals surface area contributed by atoms with Crippen molar-refractivity contribution in [1.82, 2.24) is 0 Å². The maximum Gasteiger partial charge on any atom is 0.271 e. The zero-order valence-electron chi connectivity index (χ0n) is 10.2. The highest BCUT2D eigenvalue weighted by atomic mass is 32.2. The van der Waals surface area contributed by atoms with Gasteiger partial charge >= 0.3 is 0 Å². The standard InChI is InChI=1S/C12H11N3O4S/c13-8-1-4-10(5-2-8)20(18,19)12-6-3-9(15(16)17)7-11(12)14/h1-7H,13-14H2. The van der Waals surface area contributed by atoms with Crippen LogP contribution < -0.4 is 11.5 Å². The quantitative estimate of drug-likeness (QED) is 0.502. The van der Waals surface area contributed by atoms with Crippen molar-refractivity contribution in [3.63, 3.8) is 0 Å². The molecular weight excluding hydrogens is 282 g/mol. The molecule has 0 bridgehead atoms. The van der Waals surface area contributed by atoms with E-state index in [0.29, 0.717) is 5.69 Å². The molecule has 2 aromatic rings. The van der Waals surface area contributed by atoms with Crippen LogP contribution in [0.5, 0.6) is 0 Å². The summed E-state index contributed by atoms with van der Waals surface area (Å²) < 4.78 is 24.7. The molecule has 0 amide bonds. The van der Waals surface area contributed by atoms with E-state index in [1.165, 1.54) is 24.3 Å². The van der Waals surface area contributed by atoms with Crippen molar-refractivity contribution in [2.45, 2.75) is 9.79 Å². The van der Waals surface area contributed by atoms with E-state index in [2.05, 4.69) is 0 Å². The van der Waals surface area contributed by atoms with Crippen molar-refractivity contribution in [2.75, 3.05) is 11.5 Å². The van der Waals surface area contributed by atoms with Crippen LogP contribution in [0.4, 0.5) is 17.1 Å². The number of rotatable bonds is 3. The first-order chi connectivity index (χ1) is 9.32. The number of nitro groups is 1. The van der Waals surface area contributed by atoms with Crippen LogP contribution in [0, 0.1) is 10.1 Å². The lowest BCUT2D eigenvalue weighted by Gasteiger charge is -2.07. The van der Waals surface area contributed by atoms with Crippen LogP contribution in [0.2, 0.25) is 0 Å². The van der Waals surface area contributed by atoms with Gasteiger partial charge < -0.3 is 11.5 Å². The summed E-state index contributed by atoms with van der Waals surface area (Å²) in [5.41, 5.74) is 11.1. The minimum atomic E-state index is -3.83. The summed E-state index contributed by atoms with van der Waals surface area (Å²) >= 11 is 0. The summed E-state index contributed by atoms with van der Waals surface area (Å²) in [5.74, 6) is 0. The first-order valence-corrected chi connectivity index (χ1v) is 6.95. The lowest BCUT2D eigenvalue weighted by atomic mass is 10.3. The fraction of sp³-hybridized carbons (Fsp3) is 0. The number of hydrogen-bond donors (Lipinski definition) is 2. The van der Waals surface area contributed by atoms with E-state index in [9.17, 15) is 18.5 Å². The van der Waals surface area contributed by atoms with Gasteiger partial charge in [-0.05, 0) is 30.3 Å². The van der Waals surface area contributed by atoms with Gasteiger partial charge in [0.2, 0.25) is 9.84 Å². The second kappa shape index (κ2) is 4.82. The van der Waals surface area contributed by atoms with Gasteiger partial charge in [0.05, 0.1) is 20.4 Å². The second-order valence-corrected chi connectivity index (χ2v) is 5.97. The Balaban J connectivity index is 2.55. The molecule has 8 heteroatoms. The highest BCUT2D eigenvalue weighted by molar-refractivity contribution is 7.91. The molecule has 0 aliphatic heterocycles. The van der Waals surface area contributed by atoms with Gasteiger partial charge in [-0.1, -0.05) is 0 Å². The molecule has 0 spiro atoms. The van der Waals surface area contributed by atoms with E-state index >= 15 is 0 Å². The van der Waals surface area contributed by atoms with Crippen molar-refractivity contribution in [1.29, 1.82) is 0 Å². The molecule has 0 saturated heterocycles. The lowest BCUT2D eigenvalue weighted by Crippen LogP contribution is -2.06. The van der Waals surface area contributed by atoms with Gasteiger partial charge in [0.15, 0.2) is 0 Å². The molecule has 0 unspecified atom stereocenters. The molecule has 0 aromatic heterocycles. The van der Waals surface area contributed by atoms with Gasteiger partial charge in [-0.25, -0.2) is 8.42 Å². The van der Waals surface area contributed by atoms with Crippen molar-refractivity contribution >= 4 is 26.9 Å². The van der Waals surface area contributed by atoms with E-state index in [-0.39, 0.29) is 21.2 Å². The molecule has 0 radical (unpaired) electrons. The molecule has 0 aliphatic rings. The number of hydrogen-bond acceptors (Lipinski definition) is 6. The SMILES string of the molecule is Nc1ccc(S(=O)(=O)c2ccc([N+](=O)[O-])cc2N)cc1. The largest absolute Gasteiger partial charge is 0.399 e. The van der Waals surface area contributed by atoms with Crippen molar-refractivity contribution in [2.24, 2.45) is 0 Å². The Morgan fingerprint density at radius 3 is 2.10 bits per heavy atom. The number of benzene rings is 2. The van der Waals surface area contributed by atoms with Crippen molar-refractivity contribution in [3.8, 4) is 0 Å². The summed E-state index contributed by atoms with van der Waals surface area (Å²) in [6, 6.07) is 8.85. The Labute approximate surface area is 114 Å². The van der Waals surface area contributed by atoms with E-state index in [1.807, 2.05) is 0 Å². The number of nitro benzene ring substituents is 1. The summed E-state index contributed by atoms with van der Waals surface area (Å²) in [6.07, 6.45) is 0. The Hall–Kier alpha value is -2.61. The molecule has 4 N–H and O–H groups in total. The molecule has 2 aromatic carbocycles. The smallest absolute Gasteiger partial charge is 0.271 e. The summed E-state index contributed by atoms with van der Waals surface area (Å²) in [4.78, 5) is 9.81. The fourth-order valence-corrected chi connectivity index (χ4v) is 3.03. The summed E-state index contributed by atoms with van der Waals surface area (Å²) in [6.45, 7) is 0. The summed E-state index contributed by atoms with van der Waals surface area (Å²) in [5, 5.41) is 10.6. The molecule has 0 aliphatic carbocycles. The third-order valence-corrected chi connectivity index (χ3v) is 4.53. The fourth-order valence-electron chi connectivity index (χ4n) is 1.67. The van der Waals surface area contributed by atoms with Crippen molar-refractivity contribution in [3.05, 3.63) is 52.6 Å². The van der Waals surface area contributed by atoms with E-state index in [4.69, 9.17) is 11.5 Å². The van der Waals surface area contributed by atoms with E-state index < -0.39 is 14.8 Å². The van der Waals surface area contributed by atoms with Gasteiger partial charge in [0, 0.05) is 17.8 Å². The van der Waals surface area contributed by atoms with Crippen LogP contribution >= 0.6 is 0 Å². The predicted molar refractivity (Wildman–Crippen MR) is 73.8 cm³/mol. The molecule has 104 valence electrons. The molecule has 0 fully saturated rings. The first-order valence-electron chi connectivity index (χ1n) is 5.47. The Morgan fingerprint density at radius 1 is 1.00 bits per heavy atom. The zero-order chi connectivity index (χ0) is 14.9. The molecule has 20 heavy (non-hydrogen) atoms. The van der Waals surface area contributed by atoms with Gasteiger partial charge in [0.25, 0.3) is 5.69 Å². The number of nitrogen functional groups attached to an aromatic ring is 2. The minimum absolute atomic E-state index is 0.0206. The van der Waals surface area contributed by atoms with E-state index in [1.54, 1.807) is 0 Å². The van der Waals surface area contributed by atoms with Crippen molar-refractivity contribution < 1.29 is 13.3 Å². The lowest BCUT2D eigenvalue weighted by molar-refractivity contribution is -0.384. The average molecular weight is 293 g/mol. The van der Waals surface area contributed by atoms with Crippen LogP contribution in [-0.4, -0.2) is 13.3 Å². The summed E-state index contributed by atoms with van der Waals surface area (Å²) in [7, 11) is -3.83. The Bertz CT molecular complexity index is 770. The van der Waals surface area contributed by atoms with Gasteiger partial charge in [0.1, 0.15) is 0 Å². The number of anilines is 2. The highest BCUT2D eigenvalue weighted by Crippen LogP contribution is 2.29. The normalized spacial score (nSPS) is 11.2. The number of non-ortho nitro benzene ring substituents is 1. The highest BCUT2D eigenvalue weighted by Gasteiger charge is 2.22.